The van der Waals surface area contributed by atoms with Crippen molar-refractivity contribution in [2.24, 2.45) is 0 Å². The van der Waals surface area contributed by atoms with Gasteiger partial charge in [0, 0.05) is 6.07 Å². The Labute approximate surface area is 117 Å². The summed E-state index contributed by atoms with van der Waals surface area (Å²) in [5, 5.41) is 13.0. The van der Waals surface area contributed by atoms with Crippen LogP contribution in [0.15, 0.2) is 34.9 Å². The van der Waals surface area contributed by atoms with Crippen molar-refractivity contribution in [3.05, 3.63) is 56.4 Å². The zero-order valence-electron chi connectivity index (χ0n) is 9.22. The first kappa shape index (κ1) is 13.4. The molecule has 2 rings (SSSR count). The molecule has 1 heterocycles. The summed E-state index contributed by atoms with van der Waals surface area (Å²) in [5.41, 5.74) is -0.165. The second kappa shape index (κ2) is 5.29. The molecule has 0 aliphatic carbocycles. The van der Waals surface area contributed by atoms with E-state index in [1.165, 1.54) is 18.4 Å². The van der Waals surface area contributed by atoms with Crippen molar-refractivity contribution in [3.8, 4) is 0 Å². The summed E-state index contributed by atoms with van der Waals surface area (Å²) in [5.74, 6) is -0.442. The van der Waals surface area contributed by atoms with Crippen molar-refractivity contribution >= 4 is 40.5 Å². The van der Waals surface area contributed by atoms with Gasteiger partial charge in [-0.1, -0.05) is 23.2 Å². The number of benzene rings is 1. The number of nitro groups is 1. The van der Waals surface area contributed by atoms with E-state index >= 15 is 0 Å². The molecular formula is C11H6Cl2N2O4. The van der Waals surface area contributed by atoms with Crippen LogP contribution in [0.2, 0.25) is 10.0 Å². The molecule has 1 aromatic carbocycles. The van der Waals surface area contributed by atoms with Crippen molar-refractivity contribution in [1.29, 1.82) is 0 Å². The number of carbonyl (C=O) groups excluding carboxylic acids is 1. The number of carbonyl (C=O) groups is 1. The van der Waals surface area contributed by atoms with Crippen molar-refractivity contribution in [2.75, 3.05) is 5.32 Å². The molecule has 0 saturated heterocycles. The summed E-state index contributed by atoms with van der Waals surface area (Å²) >= 11 is 11.6. The Balaban J connectivity index is 2.29. The van der Waals surface area contributed by atoms with E-state index in [-0.39, 0.29) is 27.2 Å². The largest absolute Gasteiger partial charge is 0.459 e. The average molecular weight is 301 g/mol. The summed E-state index contributed by atoms with van der Waals surface area (Å²) in [6.45, 7) is 0. The Hall–Kier alpha value is -2.05. The molecule has 1 N–H and O–H groups in total. The number of amides is 1. The smallest absolute Gasteiger partial charge is 0.291 e. The standard InChI is InChI=1S/C11H6Cl2N2O4/c12-6-5-9(15(17)18)7(13)4-8(6)14-11(16)10-2-1-3-19-10/h1-5H,(H,14,16). The number of nitrogens with one attached hydrogen (secondary N) is 1. The molecule has 0 spiro atoms. The topological polar surface area (TPSA) is 85.4 Å². The van der Waals surface area contributed by atoms with Gasteiger partial charge in [-0.25, -0.2) is 0 Å². The Morgan fingerprint density at radius 3 is 2.63 bits per heavy atom. The maximum absolute atomic E-state index is 11.7. The van der Waals surface area contributed by atoms with E-state index in [4.69, 9.17) is 27.6 Å². The van der Waals surface area contributed by atoms with Crippen LogP contribution in [0.25, 0.3) is 0 Å². The third kappa shape index (κ3) is 2.86. The van der Waals surface area contributed by atoms with Crippen molar-refractivity contribution in [1.82, 2.24) is 0 Å². The molecule has 98 valence electrons. The van der Waals surface area contributed by atoms with Crippen LogP contribution in [0, 0.1) is 10.1 Å². The third-order valence-electron chi connectivity index (χ3n) is 2.23. The monoisotopic (exact) mass is 300 g/mol. The van der Waals surface area contributed by atoms with E-state index in [0.29, 0.717) is 0 Å². The first-order chi connectivity index (χ1) is 8.99. The van der Waals surface area contributed by atoms with Crippen LogP contribution in [0.4, 0.5) is 11.4 Å². The molecule has 0 radical (unpaired) electrons. The first-order valence-electron chi connectivity index (χ1n) is 4.97. The molecule has 0 fully saturated rings. The first-order valence-corrected chi connectivity index (χ1v) is 5.73. The minimum Gasteiger partial charge on any atom is -0.459 e. The molecule has 8 heteroatoms. The number of furan rings is 1. The van der Waals surface area contributed by atoms with Gasteiger partial charge in [-0.2, -0.15) is 0 Å². The average Bonchev–Trinajstić information content (AvgIpc) is 2.86. The fourth-order valence-corrected chi connectivity index (χ4v) is 1.80. The van der Waals surface area contributed by atoms with Gasteiger partial charge in [-0.3, -0.25) is 14.9 Å². The van der Waals surface area contributed by atoms with Crippen LogP contribution in [0.1, 0.15) is 10.6 Å². The van der Waals surface area contributed by atoms with E-state index < -0.39 is 10.8 Å². The van der Waals surface area contributed by atoms with E-state index in [1.54, 1.807) is 6.07 Å². The van der Waals surface area contributed by atoms with Crippen LogP contribution < -0.4 is 5.32 Å². The van der Waals surface area contributed by atoms with Gasteiger partial charge in [0.05, 0.1) is 21.9 Å². The van der Waals surface area contributed by atoms with Gasteiger partial charge in [0.25, 0.3) is 11.6 Å². The molecule has 6 nitrogen and oxygen atoms in total. The van der Waals surface area contributed by atoms with Gasteiger partial charge in [-0.15, -0.1) is 0 Å². The van der Waals surface area contributed by atoms with Gasteiger partial charge >= 0.3 is 0 Å². The van der Waals surface area contributed by atoms with Gasteiger partial charge in [-0.05, 0) is 18.2 Å². The molecule has 2 aromatic rings. The zero-order chi connectivity index (χ0) is 14.0. The Morgan fingerprint density at radius 2 is 2.05 bits per heavy atom. The van der Waals surface area contributed by atoms with Gasteiger partial charge in [0.1, 0.15) is 5.02 Å². The van der Waals surface area contributed by atoms with Crippen molar-refractivity contribution < 1.29 is 14.1 Å². The number of hydrogen-bond acceptors (Lipinski definition) is 4. The zero-order valence-corrected chi connectivity index (χ0v) is 10.7. The van der Waals surface area contributed by atoms with E-state index in [2.05, 4.69) is 5.32 Å². The van der Waals surface area contributed by atoms with Crippen molar-refractivity contribution in [2.45, 2.75) is 0 Å². The minimum absolute atomic E-state index is 0.0102. The Morgan fingerprint density at radius 1 is 1.32 bits per heavy atom. The molecule has 1 amide bonds. The summed E-state index contributed by atoms with van der Waals surface area (Å²) < 4.78 is 4.90. The highest BCUT2D eigenvalue weighted by atomic mass is 35.5. The fourth-order valence-electron chi connectivity index (χ4n) is 1.36. The quantitative estimate of drug-likeness (QED) is 0.691. The van der Waals surface area contributed by atoms with Crippen LogP contribution in [0.5, 0.6) is 0 Å². The SMILES string of the molecule is O=C(Nc1cc(Cl)c([N+](=O)[O-])cc1Cl)c1ccco1. The predicted molar refractivity (Wildman–Crippen MR) is 69.8 cm³/mol. The lowest BCUT2D eigenvalue weighted by Gasteiger charge is -2.06. The number of hydrogen-bond donors (Lipinski definition) is 1. The highest BCUT2D eigenvalue weighted by Gasteiger charge is 2.18. The predicted octanol–water partition coefficient (Wildman–Crippen LogP) is 3.75. The molecule has 0 aliphatic rings. The Kier molecular flexibility index (Phi) is 3.73. The summed E-state index contributed by atoms with van der Waals surface area (Å²) in [4.78, 5) is 21.7. The lowest BCUT2D eigenvalue weighted by atomic mass is 10.2. The van der Waals surface area contributed by atoms with Gasteiger partial charge < -0.3 is 9.73 Å². The molecule has 0 aliphatic heterocycles. The molecule has 0 saturated carbocycles. The van der Waals surface area contributed by atoms with Gasteiger partial charge in [0.2, 0.25) is 0 Å². The summed E-state index contributed by atoms with van der Waals surface area (Å²) in [6, 6.07) is 5.31. The summed E-state index contributed by atoms with van der Waals surface area (Å²) in [7, 11) is 0. The second-order valence-electron chi connectivity index (χ2n) is 3.47. The molecule has 1 aromatic heterocycles. The highest BCUT2D eigenvalue weighted by Crippen LogP contribution is 2.34. The fraction of sp³-hybridized carbons (Fsp3) is 0. The second-order valence-corrected chi connectivity index (χ2v) is 4.29. The molecule has 0 atom stereocenters. The van der Waals surface area contributed by atoms with E-state index in [0.717, 1.165) is 6.07 Å². The summed E-state index contributed by atoms with van der Waals surface area (Å²) in [6.07, 6.45) is 1.35. The lowest BCUT2D eigenvalue weighted by molar-refractivity contribution is -0.384. The molecular weight excluding hydrogens is 295 g/mol. The maximum Gasteiger partial charge on any atom is 0.291 e. The van der Waals surface area contributed by atoms with Crippen molar-refractivity contribution in [3.63, 3.8) is 0 Å². The molecule has 0 unspecified atom stereocenters. The van der Waals surface area contributed by atoms with Crippen LogP contribution in [-0.4, -0.2) is 10.8 Å². The van der Waals surface area contributed by atoms with E-state index in [9.17, 15) is 14.9 Å². The van der Waals surface area contributed by atoms with Crippen LogP contribution in [0.3, 0.4) is 0 Å². The number of halogens is 2. The molecule has 19 heavy (non-hydrogen) atoms. The van der Waals surface area contributed by atoms with Crippen LogP contribution >= 0.6 is 23.2 Å². The minimum atomic E-state index is -0.660. The lowest BCUT2D eigenvalue weighted by Crippen LogP contribution is -2.11. The number of nitro benzene ring substituents is 1. The van der Waals surface area contributed by atoms with Gasteiger partial charge in [0.15, 0.2) is 5.76 Å². The van der Waals surface area contributed by atoms with E-state index in [1.807, 2.05) is 0 Å². The normalized spacial score (nSPS) is 10.2. The molecule has 0 bridgehead atoms. The number of anilines is 1. The third-order valence-corrected chi connectivity index (χ3v) is 2.84. The number of rotatable bonds is 3. The van der Waals surface area contributed by atoms with Crippen LogP contribution in [-0.2, 0) is 0 Å². The highest BCUT2D eigenvalue weighted by molar-refractivity contribution is 6.37. The Bertz CT molecular complexity index is 640. The number of nitrogens with zero attached hydrogens (tertiary/aromatic N) is 1. The maximum atomic E-state index is 11.7.